The van der Waals surface area contributed by atoms with Crippen LogP contribution in [0, 0.1) is 11.7 Å². The largest absolute Gasteiger partial charge is 0.490 e. The first-order valence-electron chi connectivity index (χ1n) is 15.3. The third-order valence-electron chi connectivity index (χ3n) is 6.57. The fraction of sp³-hybridized carbons (Fsp3) is 0.633. The standard InChI is InChI=1S/C30H46BN4O9S4/c1-5-35(2)29(39)30(48-46-4)44-23-17-25(43-24(23)18-36)31-10-7-12-33-26(37)19-40-14-15-41-27(47-45-3)20-42-22-9-6-8-21(16-22)28(38)34-13-11-32/h6,8-9,16,23-25,27,30,36H,5,11-15,17-20,32H2,1-4H3,(H,33,37)(H,34,38)/t23-,24?,25-,27?,30+/m1/s1. The van der Waals surface area contributed by atoms with Gasteiger partial charge in [-0.2, -0.15) is 5.82 Å². The number of hydrogen-bond donors (Lipinski definition) is 4. The molecule has 0 saturated carbocycles. The highest BCUT2D eigenvalue weighted by atomic mass is 33.1. The highest BCUT2D eigenvalue weighted by Crippen LogP contribution is 2.31. The second-order valence-electron chi connectivity index (χ2n) is 10.0. The minimum atomic E-state index is -0.705. The number of hydrogen-bond acceptors (Lipinski definition) is 14. The molecule has 0 spiro atoms. The minimum Gasteiger partial charge on any atom is -0.490 e. The summed E-state index contributed by atoms with van der Waals surface area (Å²) in [5.41, 5.74) is 4.92. The van der Waals surface area contributed by atoms with E-state index in [0.717, 1.165) is 0 Å². The van der Waals surface area contributed by atoms with Gasteiger partial charge in [0.05, 0.1) is 32.5 Å². The maximum absolute atomic E-state index is 12.7. The van der Waals surface area contributed by atoms with Gasteiger partial charge in [-0.25, -0.2) is 0 Å². The molecule has 5 N–H and O–H groups in total. The van der Waals surface area contributed by atoms with Crippen LogP contribution >= 0.6 is 43.2 Å². The van der Waals surface area contributed by atoms with Gasteiger partial charge >= 0.3 is 0 Å². The molecule has 1 radical (unpaired) electrons. The topological polar surface area (TPSA) is 171 Å². The van der Waals surface area contributed by atoms with Crippen LogP contribution < -0.4 is 21.1 Å². The molecule has 0 aromatic heterocycles. The maximum Gasteiger partial charge on any atom is 0.262 e. The predicted molar refractivity (Wildman–Crippen MR) is 195 cm³/mol. The molecule has 18 heteroatoms. The van der Waals surface area contributed by atoms with Crippen LogP contribution in [0.3, 0.4) is 0 Å². The van der Waals surface area contributed by atoms with Crippen LogP contribution in [0.5, 0.6) is 5.75 Å². The van der Waals surface area contributed by atoms with Crippen molar-refractivity contribution in [2.45, 2.75) is 42.4 Å². The van der Waals surface area contributed by atoms with E-state index >= 15 is 0 Å². The van der Waals surface area contributed by atoms with Gasteiger partial charge < -0.3 is 50.1 Å². The van der Waals surface area contributed by atoms with Gasteiger partial charge in [0, 0.05) is 38.2 Å². The molecule has 3 amide bonds. The lowest BCUT2D eigenvalue weighted by molar-refractivity contribution is -0.141. The average Bonchev–Trinajstić information content (AvgIpc) is 3.49. The molecule has 267 valence electrons. The van der Waals surface area contributed by atoms with Crippen LogP contribution in [0.25, 0.3) is 0 Å². The first-order chi connectivity index (χ1) is 23.3. The molecule has 1 heterocycles. The van der Waals surface area contributed by atoms with Crippen molar-refractivity contribution >= 4 is 68.2 Å². The van der Waals surface area contributed by atoms with Gasteiger partial charge in [-0.1, -0.05) is 55.2 Å². The Morgan fingerprint density at radius 2 is 2.00 bits per heavy atom. The zero-order valence-corrected chi connectivity index (χ0v) is 31.0. The van der Waals surface area contributed by atoms with E-state index in [1.807, 2.05) is 19.4 Å². The summed E-state index contributed by atoms with van der Waals surface area (Å²) in [4.78, 5) is 38.6. The smallest absolute Gasteiger partial charge is 0.262 e. The lowest BCUT2D eigenvalue weighted by atomic mass is 9.71. The van der Waals surface area contributed by atoms with Crippen LogP contribution in [0.15, 0.2) is 24.3 Å². The van der Waals surface area contributed by atoms with Crippen molar-refractivity contribution in [3.05, 3.63) is 29.8 Å². The summed E-state index contributed by atoms with van der Waals surface area (Å²) >= 11 is 0. The molecule has 2 unspecified atom stereocenters. The van der Waals surface area contributed by atoms with Crippen LogP contribution in [0.1, 0.15) is 23.7 Å². The highest BCUT2D eigenvalue weighted by molar-refractivity contribution is 8.77. The monoisotopic (exact) mass is 745 g/mol. The van der Waals surface area contributed by atoms with Gasteiger partial charge in [-0.3, -0.25) is 14.4 Å². The first-order valence-corrected chi connectivity index (χ1v) is 20.5. The Balaban J connectivity index is 1.65. The molecular formula is C30H46BN4O9S4. The number of likely N-dealkylation sites (N-methyl/N-ethyl adjacent to an activating group) is 1. The summed E-state index contributed by atoms with van der Waals surface area (Å²) in [6.07, 6.45) is 3.22. The lowest BCUT2D eigenvalue weighted by Crippen LogP contribution is -2.40. The van der Waals surface area contributed by atoms with E-state index in [1.165, 1.54) is 43.2 Å². The molecule has 0 aliphatic carbocycles. The number of aliphatic hydroxyl groups is 1. The summed E-state index contributed by atoms with van der Waals surface area (Å²) in [6.45, 7) is 3.66. The summed E-state index contributed by atoms with van der Waals surface area (Å²) in [6, 6.07) is 6.50. The molecule has 5 atom stereocenters. The van der Waals surface area contributed by atoms with Crippen molar-refractivity contribution in [3.63, 3.8) is 0 Å². The molecule has 13 nitrogen and oxygen atoms in total. The first kappa shape index (κ1) is 42.4. The average molecular weight is 746 g/mol. The van der Waals surface area contributed by atoms with E-state index in [0.29, 0.717) is 37.4 Å². The number of aliphatic hydroxyl groups excluding tert-OH is 1. The number of ether oxygens (including phenoxy) is 5. The summed E-state index contributed by atoms with van der Waals surface area (Å²) in [5, 5.41) is 15.2. The molecular weight excluding hydrogens is 699 g/mol. The van der Waals surface area contributed by atoms with E-state index in [-0.39, 0.29) is 68.7 Å². The Kier molecular flexibility index (Phi) is 22.3. The number of nitrogens with two attached hydrogens (primary N) is 1. The number of nitrogens with one attached hydrogen (secondary N) is 2. The Bertz CT molecular complexity index is 1180. The van der Waals surface area contributed by atoms with E-state index in [4.69, 9.17) is 29.4 Å². The highest BCUT2D eigenvalue weighted by Gasteiger charge is 2.39. The molecule has 1 aliphatic heterocycles. The summed E-state index contributed by atoms with van der Waals surface area (Å²) in [5.74, 6) is 5.61. The third kappa shape index (κ3) is 16.3. The Morgan fingerprint density at radius 1 is 1.21 bits per heavy atom. The van der Waals surface area contributed by atoms with E-state index in [9.17, 15) is 19.5 Å². The number of benzene rings is 1. The number of amides is 3. The molecule has 1 aromatic carbocycles. The second kappa shape index (κ2) is 25.2. The van der Waals surface area contributed by atoms with Gasteiger partial charge in [0.2, 0.25) is 5.91 Å². The summed E-state index contributed by atoms with van der Waals surface area (Å²) in [7, 11) is 9.16. The number of rotatable bonds is 23. The van der Waals surface area contributed by atoms with Gasteiger partial charge in [0.1, 0.15) is 30.5 Å². The summed E-state index contributed by atoms with van der Waals surface area (Å²) < 4.78 is 29.0. The Morgan fingerprint density at radius 3 is 2.71 bits per heavy atom. The van der Waals surface area contributed by atoms with Crippen molar-refractivity contribution in [1.82, 2.24) is 15.5 Å². The van der Waals surface area contributed by atoms with Crippen molar-refractivity contribution in [1.29, 1.82) is 0 Å². The Labute approximate surface area is 300 Å². The minimum absolute atomic E-state index is 0.120. The third-order valence-corrected chi connectivity index (χ3v) is 10.3. The van der Waals surface area contributed by atoms with Crippen molar-refractivity contribution < 1.29 is 43.2 Å². The molecule has 1 saturated heterocycles. The van der Waals surface area contributed by atoms with Crippen LogP contribution in [-0.4, -0.2) is 143 Å². The SMILES string of the molecule is CCN(C)C(=O)[C@@H](O[C@@H]1C[C@H]([B]C#CCNC(=O)COCCOC(COc2cccc(C(=O)NCCN)c2)SSC)OC1CO)SSC. The molecule has 1 aliphatic rings. The van der Waals surface area contributed by atoms with Gasteiger partial charge in [-0.15, -0.1) is 0 Å². The van der Waals surface area contributed by atoms with E-state index in [2.05, 4.69) is 22.4 Å². The molecule has 0 bridgehead atoms. The Hall–Kier alpha value is -1.79. The van der Waals surface area contributed by atoms with Crippen LogP contribution in [0.4, 0.5) is 0 Å². The van der Waals surface area contributed by atoms with Crippen molar-refractivity contribution in [2.75, 3.05) is 78.8 Å². The van der Waals surface area contributed by atoms with Gasteiger partial charge in [-0.05, 0) is 44.1 Å². The van der Waals surface area contributed by atoms with E-state index in [1.54, 1.807) is 43.5 Å². The number of carbonyl (C=O) groups is 3. The molecule has 48 heavy (non-hydrogen) atoms. The van der Waals surface area contributed by atoms with Crippen molar-refractivity contribution in [2.24, 2.45) is 5.73 Å². The lowest BCUT2D eigenvalue weighted by Gasteiger charge is -2.26. The zero-order valence-electron chi connectivity index (χ0n) is 27.7. The number of nitrogens with zero attached hydrogens (tertiary/aromatic N) is 1. The molecule has 2 rings (SSSR count). The van der Waals surface area contributed by atoms with Crippen LogP contribution in [0.2, 0.25) is 0 Å². The zero-order chi connectivity index (χ0) is 35.1. The fourth-order valence-electron chi connectivity index (χ4n) is 4.05. The van der Waals surface area contributed by atoms with E-state index < -0.39 is 17.6 Å². The molecule has 1 aromatic rings. The quantitative estimate of drug-likeness (QED) is 0.0415. The predicted octanol–water partition coefficient (Wildman–Crippen LogP) is 1.21. The second-order valence-corrected chi connectivity index (χ2v) is 15.2. The van der Waals surface area contributed by atoms with Crippen molar-refractivity contribution in [3.8, 4) is 17.5 Å². The molecule has 1 fully saturated rings. The maximum atomic E-state index is 12.7. The number of carbonyl (C=O) groups excluding carboxylic acids is 3. The fourth-order valence-corrected chi connectivity index (χ4v) is 7.05. The van der Waals surface area contributed by atoms with Gasteiger partial charge in [0.25, 0.3) is 19.1 Å². The van der Waals surface area contributed by atoms with Gasteiger partial charge in [0.15, 0.2) is 5.44 Å². The normalized spacial score (nSPS) is 18.2. The van der Waals surface area contributed by atoms with Crippen LogP contribution in [-0.2, 0) is 28.5 Å².